The Hall–Kier alpha value is -2.92. The fourth-order valence-corrected chi connectivity index (χ4v) is 3.75. The van der Waals surface area contributed by atoms with Crippen molar-refractivity contribution >= 4 is 21.8 Å². The predicted octanol–water partition coefficient (Wildman–Crippen LogP) is 2.61. The van der Waals surface area contributed by atoms with E-state index in [1.54, 1.807) is 20.8 Å². The second-order valence-electron chi connectivity index (χ2n) is 5.58. The summed E-state index contributed by atoms with van der Waals surface area (Å²) < 4.78 is 30.9. The number of aromatic nitrogens is 1. The molecule has 11 heteroatoms. The summed E-state index contributed by atoms with van der Waals surface area (Å²) in [4.78, 5) is 10.6. The zero-order valence-corrected chi connectivity index (χ0v) is 15.7. The molecule has 1 aromatic carbocycles. The number of hydrogen-bond donors (Lipinski definition) is 2. The number of benzene rings is 1. The van der Waals surface area contributed by atoms with Crippen molar-refractivity contribution in [3.8, 4) is 22.8 Å². The van der Waals surface area contributed by atoms with Gasteiger partial charge in [-0.15, -0.1) is 0 Å². The van der Waals surface area contributed by atoms with Gasteiger partial charge in [-0.1, -0.05) is 19.0 Å². The van der Waals surface area contributed by atoms with Crippen LogP contribution in [-0.4, -0.2) is 46.1 Å². The molecule has 0 amide bonds. The summed E-state index contributed by atoms with van der Waals surface area (Å²) in [6.45, 7) is 5.44. The minimum atomic E-state index is -3.78. The van der Waals surface area contributed by atoms with E-state index in [0.717, 1.165) is 17.6 Å². The number of hydrogen-bond acceptors (Lipinski definition) is 8. The molecule has 2 aromatic rings. The van der Waals surface area contributed by atoms with Gasteiger partial charge in [-0.25, -0.2) is 8.42 Å². The van der Waals surface area contributed by atoms with Crippen LogP contribution in [0.25, 0.3) is 17.4 Å². The first-order valence-corrected chi connectivity index (χ1v) is 9.47. The van der Waals surface area contributed by atoms with Gasteiger partial charge in [-0.05, 0) is 24.6 Å². The molecule has 2 rings (SSSR count). The molecule has 0 unspecified atom stereocenters. The summed E-state index contributed by atoms with van der Waals surface area (Å²) in [5.74, 6) is -1.76. The van der Waals surface area contributed by atoms with Crippen molar-refractivity contribution in [2.24, 2.45) is 0 Å². The summed E-state index contributed by atoms with van der Waals surface area (Å²) in [5.41, 5.74) is -0.602. The Kier molecular flexibility index (Phi) is 5.86. The molecule has 1 heterocycles. The maximum absolute atomic E-state index is 12.3. The summed E-state index contributed by atoms with van der Waals surface area (Å²) >= 11 is 0. The molecule has 0 aliphatic rings. The smallest absolute Gasteiger partial charge is 0.326 e. The number of nitro groups is 1. The van der Waals surface area contributed by atoms with Gasteiger partial charge in [0.25, 0.3) is 0 Å². The highest BCUT2D eigenvalue weighted by molar-refractivity contribution is 7.92. The molecule has 10 nitrogen and oxygen atoms in total. The fraction of sp³-hybridized carbons (Fsp3) is 0.312. The topological polar surface area (TPSA) is 147 Å². The molecule has 0 atom stereocenters. The molecule has 27 heavy (non-hydrogen) atoms. The first-order chi connectivity index (χ1) is 12.6. The number of sulfonamides is 1. The Morgan fingerprint density at radius 3 is 2.41 bits per heavy atom. The molecule has 2 N–H and O–H groups in total. The summed E-state index contributed by atoms with van der Waals surface area (Å²) in [5, 5.41) is 35.8. The summed E-state index contributed by atoms with van der Waals surface area (Å²) in [7, 11) is -3.78. The van der Waals surface area contributed by atoms with Crippen molar-refractivity contribution in [3.05, 3.63) is 38.9 Å². The molecule has 1 aromatic heterocycles. The SMILES string of the molecule is CCN(CC)S(=O)(=O)C=Cc1cc(O)c(O)c([N+](=O)[O-])c1-c1cc(C)no1. The number of rotatable bonds is 7. The quantitative estimate of drug-likeness (QED) is 0.412. The van der Waals surface area contributed by atoms with E-state index in [2.05, 4.69) is 5.16 Å². The molecular formula is C16H19N3O7S. The highest BCUT2D eigenvalue weighted by Crippen LogP contribution is 2.45. The lowest BCUT2D eigenvalue weighted by atomic mass is 10.0. The van der Waals surface area contributed by atoms with Crippen molar-refractivity contribution in [1.82, 2.24) is 9.46 Å². The van der Waals surface area contributed by atoms with E-state index in [9.17, 15) is 28.7 Å². The minimum absolute atomic E-state index is 0.0242. The monoisotopic (exact) mass is 397 g/mol. The van der Waals surface area contributed by atoms with Gasteiger partial charge in [0.15, 0.2) is 11.5 Å². The van der Waals surface area contributed by atoms with Gasteiger partial charge in [-0.2, -0.15) is 4.31 Å². The molecule has 0 aliphatic heterocycles. The molecule has 0 spiro atoms. The van der Waals surface area contributed by atoms with Crippen LogP contribution in [0, 0.1) is 17.0 Å². The number of nitrogens with zero attached hydrogens (tertiary/aromatic N) is 3. The van der Waals surface area contributed by atoms with E-state index in [4.69, 9.17) is 4.52 Å². The largest absolute Gasteiger partial charge is 0.504 e. The average molecular weight is 397 g/mol. The van der Waals surface area contributed by atoms with Gasteiger partial charge in [0.1, 0.15) is 5.56 Å². The number of phenols is 2. The Morgan fingerprint density at radius 2 is 1.93 bits per heavy atom. The second kappa shape index (κ2) is 7.76. The van der Waals surface area contributed by atoms with Gasteiger partial charge in [0.05, 0.1) is 10.6 Å². The minimum Gasteiger partial charge on any atom is -0.504 e. The lowest BCUT2D eigenvalue weighted by Crippen LogP contribution is -2.28. The van der Waals surface area contributed by atoms with Crippen LogP contribution in [0.5, 0.6) is 11.5 Å². The lowest BCUT2D eigenvalue weighted by molar-refractivity contribution is -0.385. The Balaban J connectivity index is 2.73. The van der Waals surface area contributed by atoms with E-state index >= 15 is 0 Å². The van der Waals surface area contributed by atoms with Crippen LogP contribution < -0.4 is 0 Å². The molecule has 0 bridgehead atoms. The zero-order chi connectivity index (χ0) is 20.4. The number of phenolic OH excluding ortho intramolecular Hbond substituents is 2. The third-order valence-electron chi connectivity index (χ3n) is 3.83. The second-order valence-corrected chi connectivity index (χ2v) is 7.40. The number of aromatic hydroxyl groups is 2. The van der Waals surface area contributed by atoms with Crippen LogP contribution in [0.2, 0.25) is 0 Å². The maximum atomic E-state index is 12.3. The van der Waals surface area contributed by atoms with Gasteiger partial charge in [-0.3, -0.25) is 10.1 Å². The first-order valence-electron chi connectivity index (χ1n) is 7.97. The first kappa shape index (κ1) is 20.4. The predicted molar refractivity (Wildman–Crippen MR) is 97.5 cm³/mol. The Bertz CT molecular complexity index is 992. The zero-order valence-electron chi connectivity index (χ0n) is 14.9. The molecule has 0 radical (unpaired) electrons. The van der Waals surface area contributed by atoms with E-state index in [-0.39, 0.29) is 30.0 Å². The van der Waals surface area contributed by atoms with Crippen LogP contribution in [0.4, 0.5) is 5.69 Å². The highest BCUT2D eigenvalue weighted by atomic mass is 32.2. The van der Waals surface area contributed by atoms with Gasteiger partial charge in [0.2, 0.25) is 15.8 Å². The molecule has 0 saturated heterocycles. The van der Waals surface area contributed by atoms with Crippen LogP contribution in [0.1, 0.15) is 25.1 Å². The van der Waals surface area contributed by atoms with Crippen LogP contribution in [0.3, 0.4) is 0 Å². The van der Waals surface area contributed by atoms with Gasteiger partial charge >= 0.3 is 5.69 Å². The van der Waals surface area contributed by atoms with E-state index in [1.807, 2.05) is 0 Å². The molecule has 0 fully saturated rings. The normalized spacial score (nSPS) is 12.1. The lowest BCUT2D eigenvalue weighted by Gasteiger charge is -2.15. The van der Waals surface area contributed by atoms with Crippen LogP contribution in [0.15, 0.2) is 22.1 Å². The molecule has 0 aliphatic carbocycles. The van der Waals surface area contributed by atoms with Gasteiger partial charge in [0, 0.05) is 24.6 Å². The Morgan fingerprint density at radius 1 is 1.30 bits per heavy atom. The van der Waals surface area contributed by atoms with Crippen molar-refractivity contribution in [1.29, 1.82) is 0 Å². The van der Waals surface area contributed by atoms with E-state index in [1.165, 1.54) is 10.4 Å². The van der Waals surface area contributed by atoms with E-state index < -0.39 is 32.1 Å². The van der Waals surface area contributed by atoms with Crippen LogP contribution >= 0.6 is 0 Å². The van der Waals surface area contributed by atoms with Crippen molar-refractivity contribution in [2.45, 2.75) is 20.8 Å². The highest BCUT2D eigenvalue weighted by Gasteiger charge is 2.30. The molecule has 146 valence electrons. The van der Waals surface area contributed by atoms with Crippen molar-refractivity contribution < 1.29 is 28.1 Å². The number of aryl methyl sites for hydroxylation is 1. The average Bonchev–Trinajstić information content (AvgIpc) is 3.02. The maximum Gasteiger partial charge on any atom is 0.326 e. The van der Waals surface area contributed by atoms with Crippen molar-refractivity contribution in [3.63, 3.8) is 0 Å². The van der Waals surface area contributed by atoms with Crippen molar-refractivity contribution in [2.75, 3.05) is 13.1 Å². The number of nitro benzene ring substituents is 1. The Labute approximate surface area is 155 Å². The third-order valence-corrected chi connectivity index (χ3v) is 5.54. The summed E-state index contributed by atoms with van der Waals surface area (Å²) in [6.07, 6.45) is 1.10. The van der Waals surface area contributed by atoms with Crippen LogP contribution in [-0.2, 0) is 10.0 Å². The third kappa shape index (κ3) is 4.09. The van der Waals surface area contributed by atoms with Gasteiger partial charge < -0.3 is 14.7 Å². The fourth-order valence-electron chi connectivity index (χ4n) is 2.54. The molecule has 0 saturated carbocycles. The standard InChI is InChI=1S/C16H19N3O7S/c1-4-18(5-2)27(24,25)7-6-11-9-12(20)16(21)15(19(22)23)14(11)13-8-10(3)17-26-13/h6-9,20-21H,4-5H2,1-3H3. The summed E-state index contributed by atoms with van der Waals surface area (Å²) in [6, 6.07) is 2.42. The molecular weight excluding hydrogens is 378 g/mol. The van der Waals surface area contributed by atoms with E-state index in [0.29, 0.717) is 5.69 Å².